The number of rotatable bonds is 9. The molecule has 0 spiro atoms. The van der Waals surface area contributed by atoms with Gasteiger partial charge < -0.3 is 14.6 Å². The van der Waals surface area contributed by atoms with E-state index < -0.39 is 10.9 Å². The molecule has 0 radical (unpaired) electrons. The Balaban J connectivity index is 1.75. The number of nitrogens with zero attached hydrogens (tertiary/aromatic N) is 3. The Morgan fingerprint density at radius 1 is 1.31 bits per heavy atom. The number of carboxylic acids is 1. The number of hydrogen-bond acceptors (Lipinski definition) is 8. The van der Waals surface area contributed by atoms with Gasteiger partial charge in [-0.25, -0.2) is 9.78 Å². The van der Waals surface area contributed by atoms with E-state index in [2.05, 4.69) is 15.5 Å². The summed E-state index contributed by atoms with van der Waals surface area (Å²) in [6.45, 7) is 0.0789. The number of nitro groups is 1. The number of hydrogen-bond donors (Lipinski definition) is 2. The summed E-state index contributed by atoms with van der Waals surface area (Å²) in [6.07, 6.45) is 2.80. The molecule has 0 bridgehead atoms. The molecular weight excluding hydrogens is 440 g/mol. The summed E-state index contributed by atoms with van der Waals surface area (Å²) in [5, 5.41) is 24.3. The van der Waals surface area contributed by atoms with Crippen molar-refractivity contribution in [3.05, 3.63) is 86.6 Å². The zero-order valence-electron chi connectivity index (χ0n) is 16.7. The van der Waals surface area contributed by atoms with Gasteiger partial charge in [0.2, 0.25) is 5.82 Å². The standard InChI is InChI=1S/C21H17ClN4O6/c1-31-18-10-14(11-24-25-20-17(26(29)30)6-3-7-23-20)9-16(22)19(18)32-12-13-4-2-5-15(8-13)21(27)28/h2-11H,12H2,1H3,(H,23,25)(H,27,28)/b24-11-. The topological polar surface area (TPSA) is 136 Å². The maximum absolute atomic E-state index is 11.1. The minimum atomic E-state index is -1.03. The lowest BCUT2D eigenvalue weighted by atomic mass is 10.1. The number of anilines is 1. The van der Waals surface area contributed by atoms with Gasteiger partial charge in [-0.2, -0.15) is 5.10 Å². The van der Waals surface area contributed by atoms with E-state index in [1.165, 1.54) is 43.8 Å². The number of ether oxygens (including phenoxy) is 2. The summed E-state index contributed by atoms with van der Waals surface area (Å²) in [6, 6.07) is 12.3. The van der Waals surface area contributed by atoms with Crippen molar-refractivity contribution in [3.63, 3.8) is 0 Å². The van der Waals surface area contributed by atoms with Crippen LogP contribution in [0.2, 0.25) is 5.02 Å². The summed E-state index contributed by atoms with van der Waals surface area (Å²) in [7, 11) is 1.44. The monoisotopic (exact) mass is 456 g/mol. The van der Waals surface area contributed by atoms with Gasteiger partial charge in [-0.15, -0.1) is 0 Å². The van der Waals surface area contributed by atoms with Gasteiger partial charge in [0, 0.05) is 12.3 Å². The third kappa shape index (κ3) is 5.49. The second-order valence-corrected chi connectivity index (χ2v) is 6.73. The molecule has 164 valence electrons. The molecule has 1 aromatic heterocycles. The minimum absolute atomic E-state index is 0.00430. The Hall–Kier alpha value is -4.18. The fourth-order valence-electron chi connectivity index (χ4n) is 2.70. The number of pyridine rings is 1. The molecule has 32 heavy (non-hydrogen) atoms. The lowest BCUT2D eigenvalue weighted by Gasteiger charge is -2.13. The van der Waals surface area contributed by atoms with Crippen LogP contribution in [0.3, 0.4) is 0 Å². The highest BCUT2D eigenvalue weighted by atomic mass is 35.5. The van der Waals surface area contributed by atoms with Crippen molar-refractivity contribution in [1.82, 2.24) is 4.98 Å². The first-order valence-electron chi connectivity index (χ1n) is 9.10. The molecule has 0 saturated heterocycles. The van der Waals surface area contributed by atoms with Crippen molar-refractivity contribution in [3.8, 4) is 11.5 Å². The SMILES string of the molecule is COc1cc(/C=N\Nc2ncccc2[N+](=O)[O-])cc(Cl)c1OCc1cccc(C(=O)O)c1. The third-order valence-electron chi connectivity index (χ3n) is 4.18. The average molecular weight is 457 g/mol. The Labute approximate surface area is 187 Å². The quantitative estimate of drug-likeness (QED) is 0.275. The predicted molar refractivity (Wildman–Crippen MR) is 118 cm³/mol. The van der Waals surface area contributed by atoms with E-state index in [1.807, 2.05) is 0 Å². The zero-order valence-corrected chi connectivity index (χ0v) is 17.4. The summed E-state index contributed by atoms with van der Waals surface area (Å²) in [4.78, 5) is 25.5. The normalized spacial score (nSPS) is 10.7. The minimum Gasteiger partial charge on any atom is -0.493 e. The Kier molecular flexibility index (Phi) is 7.19. The number of nitrogens with one attached hydrogen (secondary N) is 1. The number of carboxylic acid groups (broad SMARTS) is 1. The van der Waals surface area contributed by atoms with Crippen LogP contribution in [0, 0.1) is 10.1 Å². The van der Waals surface area contributed by atoms with Crippen molar-refractivity contribution in [2.75, 3.05) is 12.5 Å². The van der Waals surface area contributed by atoms with Gasteiger partial charge in [0.15, 0.2) is 11.5 Å². The molecule has 0 amide bonds. The molecule has 11 heteroatoms. The van der Waals surface area contributed by atoms with Crippen LogP contribution >= 0.6 is 11.6 Å². The van der Waals surface area contributed by atoms with Crippen LogP contribution in [0.1, 0.15) is 21.5 Å². The van der Waals surface area contributed by atoms with Gasteiger partial charge in [0.05, 0.1) is 28.8 Å². The molecule has 0 aliphatic carbocycles. The Bertz CT molecular complexity index is 1180. The van der Waals surface area contributed by atoms with Crippen molar-refractivity contribution in [1.29, 1.82) is 0 Å². The van der Waals surface area contributed by atoms with Gasteiger partial charge in [0.1, 0.15) is 6.61 Å². The van der Waals surface area contributed by atoms with Gasteiger partial charge in [0.25, 0.3) is 0 Å². The van der Waals surface area contributed by atoms with Crippen LogP contribution in [-0.4, -0.2) is 34.3 Å². The van der Waals surface area contributed by atoms with E-state index in [0.29, 0.717) is 16.9 Å². The van der Waals surface area contributed by atoms with Crippen LogP contribution in [-0.2, 0) is 6.61 Å². The van der Waals surface area contributed by atoms with E-state index >= 15 is 0 Å². The molecule has 2 aromatic carbocycles. The molecule has 0 unspecified atom stereocenters. The number of benzene rings is 2. The van der Waals surface area contributed by atoms with Crippen LogP contribution in [0.25, 0.3) is 0 Å². The number of methoxy groups -OCH3 is 1. The number of aromatic carboxylic acids is 1. The molecule has 1 heterocycles. The van der Waals surface area contributed by atoms with Crippen LogP contribution in [0.4, 0.5) is 11.5 Å². The third-order valence-corrected chi connectivity index (χ3v) is 4.46. The lowest BCUT2D eigenvalue weighted by Crippen LogP contribution is -2.02. The van der Waals surface area contributed by atoms with Gasteiger partial charge in [-0.05, 0) is 41.5 Å². The van der Waals surface area contributed by atoms with Crippen LogP contribution < -0.4 is 14.9 Å². The first kappa shape index (κ1) is 22.5. The second-order valence-electron chi connectivity index (χ2n) is 6.33. The molecule has 10 nitrogen and oxygen atoms in total. The predicted octanol–water partition coefficient (Wildman–Crippen LogP) is 4.38. The molecule has 0 saturated carbocycles. The van der Waals surface area contributed by atoms with E-state index in [-0.39, 0.29) is 34.4 Å². The highest BCUT2D eigenvalue weighted by molar-refractivity contribution is 6.32. The highest BCUT2D eigenvalue weighted by Crippen LogP contribution is 2.36. The summed E-state index contributed by atoms with van der Waals surface area (Å²) >= 11 is 6.34. The molecule has 3 rings (SSSR count). The number of halogens is 1. The molecule has 0 atom stereocenters. The van der Waals surface area contributed by atoms with E-state index in [4.69, 9.17) is 26.2 Å². The van der Waals surface area contributed by atoms with Crippen molar-refractivity contribution in [2.24, 2.45) is 5.10 Å². The maximum Gasteiger partial charge on any atom is 0.335 e. The number of carbonyl (C=O) groups is 1. The highest BCUT2D eigenvalue weighted by Gasteiger charge is 2.14. The molecule has 0 fully saturated rings. The van der Waals surface area contributed by atoms with Crippen molar-refractivity contribution < 1.29 is 24.3 Å². The van der Waals surface area contributed by atoms with Crippen molar-refractivity contribution >= 4 is 35.3 Å². The fraction of sp³-hybridized carbons (Fsp3) is 0.0952. The molecular formula is C21H17ClN4O6. The summed E-state index contributed by atoms with van der Waals surface area (Å²) in [5.41, 5.74) is 3.65. The number of hydrazone groups is 1. The zero-order chi connectivity index (χ0) is 23.1. The maximum atomic E-state index is 11.1. The molecule has 0 aliphatic rings. The first-order valence-corrected chi connectivity index (χ1v) is 9.48. The average Bonchev–Trinajstić information content (AvgIpc) is 2.78. The fourth-order valence-corrected chi connectivity index (χ4v) is 2.98. The lowest BCUT2D eigenvalue weighted by molar-refractivity contribution is -0.384. The summed E-state index contributed by atoms with van der Waals surface area (Å²) in [5.74, 6) is -0.427. The second kappa shape index (κ2) is 10.2. The van der Waals surface area contributed by atoms with E-state index in [9.17, 15) is 14.9 Å². The smallest absolute Gasteiger partial charge is 0.335 e. The van der Waals surface area contributed by atoms with Crippen LogP contribution in [0.15, 0.2) is 59.8 Å². The largest absolute Gasteiger partial charge is 0.493 e. The van der Waals surface area contributed by atoms with Crippen LogP contribution in [0.5, 0.6) is 11.5 Å². The first-order chi connectivity index (χ1) is 15.4. The molecule has 0 aliphatic heterocycles. The molecule has 3 aromatic rings. The van der Waals surface area contributed by atoms with Gasteiger partial charge >= 0.3 is 11.7 Å². The molecule has 2 N–H and O–H groups in total. The Morgan fingerprint density at radius 2 is 2.12 bits per heavy atom. The Morgan fingerprint density at radius 3 is 2.84 bits per heavy atom. The van der Waals surface area contributed by atoms with E-state index in [1.54, 1.807) is 24.3 Å². The summed E-state index contributed by atoms with van der Waals surface area (Å²) < 4.78 is 11.1. The van der Waals surface area contributed by atoms with Gasteiger partial charge in [-0.1, -0.05) is 23.7 Å². The van der Waals surface area contributed by atoms with E-state index in [0.717, 1.165) is 0 Å². The number of aromatic nitrogens is 1. The van der Waals surface area contributed by atoms with Crippen molar-refractivity contribution in [2.45, 2.75) is 6.61 Å². The van der Waals surface area contributed by atoms with Gasteiger partial charge in [-0.3, -0.25) is 15.5 Å².